The number of amides is 2. The largest absolute Gasteiger partial charge is 0.390 e. The highest BCUT2D eigenvalue weighted by molar-refractivity contribution is 5.76. The molecule has 1 aliphatic heterocycles. The highest BCUT2D eigenvalue weighted by Gasteiger charge is 2.45. The van der Waals surface area contributed by atoms with Crippen LogP contribution in [0.2, 0.25) is 0 Å². The molecule has 0 bridgehead atoms. The van der Waals surface area contributed by atoms with E-state index < -0.39 is 49.0 Å². The number of ether oxygens (including phenoxy) is 2. The van der Waals surface area contributed by atoms with E-state index in [1.54, 1.807) is 0 Å². The van der Waals surface area contributed by atoms with Crippen LogP contribution in [0.1, 0.15) is 233 Å². The lowest BCUT2D eigenvalue weighted by molar-refractivity contribution is -0.297. The molecule has 1 rings (SSSR count). The molecule has 0 unspecified atom stereocenters. The normalized spacial score (nSPS) is 20.8. The molecule has 360 valence electrons. The Labute approximate surface area is 373 Å². The number of carbonyl (C=O) groups is 2. The third-order valence-corrected chi connectivity index (χ3v) is 12.3. The number of aliphatic hydroxyl groups excluding tert-OH is 5. The Bertz CT molecular complexity index is 1050. The smallest absolute Gasteiger partial charge is 0.220 e. The van der Waals surface area contributed by atoms with Crippen LogP contribution in [0, 0.1) is 0 Å². The predicted octanol–water partition coefficient (Wildman–Crippen LogP) is 9.62. The lowest BCUT2D eigenvalue weighted by Crippen LogP contribution is -2.61. The fourth-order valence-corrected chi connectivity index (χ4v) is 8.22. The molecule has 7 N–H and O–H groups in total. The maximum atomic E-state index is 13.1. The van der Waals surface area contributed by atoms with Crippen LogP contribution in [0.3, 0.4) is 0 Å². The van der Waals surface area contributed by atoms with Gasteiger partial charge in [-0.25, -0.2) is 0 Å². The van der Waals surface area contributed by atoms with E-state index in [9.17, 15) is 35.1 Å². The van der Waals surface area contributed by atoms with Gasteiger partial charge < -0.3 is 45.6 Å². The van der Waals surface area contributed by atoms with Crippen molar-refractivity contribution in [3.8, 4) is 0 Å². The number of unbranched alkanes of at least 4 members (excludes halogenated alkanes) is 28. The molecule has 0 radical (unpaired) electrons. The molecule has 0 aromatic rings. The highest BCUT2D eigenvalue weighted by atomic mass is 16.7. The highest BCUT2D eigenvalue weighted by Crippen LogP contribution is 2.23. The number of aliphatic hydroxyl groups is 5. The minimum absolute atomic E-state index is 0.113. The van der Waals surface area contributed by atoms with E-state index in [4.69, 9.17) is 9.47 Å². The van der Waals surface area contributed by atoms with Crippen LogP contribution in [-0.2, 0) is 19.1 Å². The zero-order valence-corrected chi connectivity index (χ0v) is 39.4. The second kappa shape index (κ2) is 40.0. The van der Waals surface area contributed by atoms with Crippen molar-refractivity contribution in [2.24, 2.45) is 0 Å². The van der Waals surface area contributed by atoms with Gasteiger partial charge in [-0.1, -0.05) is 193 Å². The fraction of sp³-hybridized carbons (Fsp3) is 0.920. The molecule has 0 aromatic carbocycles. The van der Waals surface area contributed by atoms with Crippen LogP contribution in [-0.4, -0.2) is 99.5 Å². The molecule has 11 heteroatoms. The molecule has 1 heterocycles. The Kier molecular flexibility index (Phi) is 37.6. The minimum atomic E-state index is -1.61. The summed E-state index contributed by atoms with van der Waals surface area (Å²) >= 11 is 0. The molecule has 0 aliphatic carbocycles. The third kappa shape index (κ3) is 31.0. The van der Waals surface area contributed by atoms with E-state index in [1.807, 2.05) is 0 Å². The zero-order valence-electron chi connectivity index (χ0n) is 39.4. The van der Waals surface area contributed by atoms with Gasteiger partial charge in [-0.15, -0.1) is 0 Å². The van der Waals surface area contributed by atoms with Gasteiger partial charge in [0.05, 0.1) is 18.8 Å². The molecule has 0 aromatic heterocycles. The van der Waals surface area contributed by atoms with Crippen LogP contribution < -0.4 is 10.6 Å². The van der Waals surface area contributed by atoms with E-state index >= 15 is 0 Å². The summed E-state index contributed by atoms with van der Waals surface area (Å²) in [5, 5.41) is 59.1. The lowest BCUT2D eigenvalue weighted by atomic mass is 9.98. The van der Waals surface area contributed by atoms with Gasteiger partial charge in [0.1, 0.15) is 30.5 Å². The summed E-state index contributed by atoms with van der Waals surface area (Å²) < 4.78 is 11.5. The van der Waals surface area contributed by atoms with Crippen molar-refractivity contribution in [1.29, 1.82) is 0 Å². The molecule has 0 spiro atoms. The molecule has 1 saturated heterocycles. The zero-order chi connectivity index (χ0) is 44.8. The van der Waals surface area contributed by atoms with Gasteiger partial charge >= 0.3 is 0 Å². The summed E-state index contributed by atoms with van der Waals surface area (Å²) in [6.07, 6.45) is 33.6. The Hall–Kier alpha value is -1.60. The number of rotatable bonds is 42. The van der Waals surface area contributed by atoms with Gasteiger partial charge in [-0.05, 0) is 38.5 Å². The first-order valence-electron chi connectivity index (χ1n) is 25.5. The average Bonchev–Trinajstić information content (AvgIpc) is 3.24. The van der Waals surface area contributed by atoms with Crippen molar-refractivity contribution >= 4 is 11.8 Å². The summed E-state index contributed by atoms with van der Waals surface area (Å²) in [6.45, 7) is 5.39. The summed E-state index contributed by atoms with van der Waals surface area (Å²) in [4.78, 5) is 24.6. The monoisotopic (exact) mass is 869 g/mol. The van der Waals surface area contributed by atoms with E-state index in [1.165, 1.54) is 155 Å². The van der Waals surface area contributed by atoms with Crippen LogP contribution >= 0.6 is 0 Å². The third-order valence-electron chi connectivity index (χ3n) is 12.3. The second-order valence-corrected chi connectivity index (χ2v) is 18.2. The van der Waals surface area contributed by atoms with Gasteiger partial charge in [0.25, 0.3) is 0 Å². The topological polar surface area (TPSA) is 178 Å². The minimum Gasteiger partial charge on any atom is -0.390 e. The molecule has 8 atom stereocenters. The van der Waals surface area contributed by atoms with Gasteiger partial charge in [0.15, 0.2) is 6.29 Å². The SMILES string of the molecule is CCCCCCCC/C=C\CCCCCCCCCCCCCC(=O)N[C@@H](CO[C@H]1O[C@@H](CNC(C)=O)[C@H](O)[C@H](O)[C@H]1O)[C@H](O)[C@H](O)CCCCCCCCCCCCCC. The maximum absolute atomic E-state index is 13.1. The number of hydrogen-bond donors (Lipinski definition) is 7. The molecule has 11 nitrogen and oxygen atoms in total. The Morgan fingerprint density at radius 3 is 1.48 bits per heavy atom. The van der Waals surface area contributed by atoms with Crippen LogP contribution in [0.5, 0.6) is 0 Å². The maximum Gasteiger partial charge on any atom is 0.220 e. The van der Waals surface area contributed by atoms with E-state index in [-0.39, 0.29) is 31.4 Å². The van der Waals surface area contributed by atoms with Crippen molar-refractivity contribution < 1.29 is 44.6 Å². The quantitative estimate of drug-likeness (QED) is 0.0233. The van der Waals surface area contributed by atoms with Gasteiger partial charge in [0, 0.05) is 19.9 Å². The van der Waals surface area contributed by atoms with Crippen molar-refractivity contribution in [2.45, 2.75) is 282 Å². The number of nitrogens with one attached hydrogen (secondary N) is 2. The fourth-order valence-electron chi connectivity index (χ4n) is 8.22. The first kappa shape index (κ1) is 57.4. The Balaban J connectivity index is 2.41. The van der Waals surface area contributed by atoms with Gasteiger partial charge in [-0.3, -0.25) is 9.59 Å². The van der Waals surface area contributed by atoms with E-state index in [2.05, 4.69) is 36.6 Å². The molecular weight excluding hydrogens is 773 g/mol. The van der Waals surface area contributed by atoms with Crippen LogP contribution in [0.4, 0.5) is 0 Å². The first-order chi connectivity index (χ1) is 29.6. The number of allylic oxidation sites excluding steroid dienone is 2. The van der Waals surface area contributed by atoms with Crippen molar-refractivity contribution in [2.75, 3.05) is 13.2 Å². The van der Waals surface area contributed by atoms with Crippen molar-refractivity contribution in [1.82, 2.24) is 10.6 Å². The number of carbonyl (C=O) groups excluding carboxylic acids is 2. The van der Waals surface area contributed by atoms with Crippen molar-refractivity contribution in [3.05, 3.63) is 12.2 Å². The Morgan fingerprint density at radius 1 is 0.590 bits per heavy atom. The van der Waals surface area contributed by atoms with E-state index in [0.29, 0.717) is 12.8 Å². The second-order valence-electron chi connectivity index (χ2n) is 18.2. The lowest BCUT2D eigenvalue weighted by Gasteiger charge is -2.41. The molecule has 61 heavy (non-hydrogen) atoms. The molecule has 2 amide bonds. The van der Waals surface area contributed by atoms with Crippen LogP contribution in [0.15, 0.2) is 12.2 Å². The van der Waals surface area contributed by atoms with E-state index in [0.717, 1.165) is 44.9 Å². The average molecular weight is 869 g/mol. The summed E-state index contributed by atoms with van der Waals surface area (Å²) in [6, 6.07) is -1.00. The first-order valence-corrected chi connectivity index (χ1v) is 25.5. The standard InChI is InChI=1S/C50H96N2O9/c1-4-6-8-10-12-14-16-18-19-20-21-22-23-24-25-26-28-30-32-34-36-38-45(55)52-42(40-60-50-49(59)48(58)47(57)44(61-50)39-51-41(3)53)46(56)43(54)37-35-33-31-29-27-17-15-13-11-9-7-5-2/h18-19,42-44,46-50,54,56-59H,4-17,20-40H2,1-3H3,(H,51,53)(H,52,55)/b19-18-/t42-,43+,44-,46-,47-,48-,49+,50-/m0/s1. The molecule has 1 aliphatic rings. The van der Waals surface area contributed by atoms with Crippen LogP contribution in [0.25, 0.3) is 0 Å². The molecular formula is C50H96N2O9. The molecule has 1 fully saturated rings. The predicted molar refractivity (Wildman–Crippen MR) is 248 cm³/mol. The summed E-state index contributed by atoms with van der Waals surface area (Å²) in [5.74, 6) is -0.613. The number of hydrogen-bond acceptors (Lipinski definition) is 9. The molecule has 0 saturated carbocycles. The summed E-state index contributed by atoms with van der Waals surface area (Å²) in [7, 11) is 0. The Morgan fingerprint density at radius 2 is 1.02 bits per heavy atom. The van der Waals surface area contributed by atoms with Crippen molar-refractivity contribution in [3.63, 3.8) is 0 Å². The van der Waals surface area contributed by atoms with Gasteiger partial charge in [-0.2, -0.15) is 0 Å². The van der Waals surface area contributed by atoms with Gasteiger partial charge in [0.2, 0.25) is 11.8 Å². The summed E-state index contributed by atoms with van der Waals surface area (Å²) in [5.41, 5.74) is 0.